The molecule has 1 saturated heterocycles. The predicted molar refractivity (Wildman–Crippen MR) is 85.5 cm³/mol. The minimum absolute atomic E-state index is 0.0785. The zero-order valence-corrected chi connectivity index (χ0v) is 13.7. The number of hydrogen-bond donors (Lipinski definition) is 1. The van der Waals surface area contributed by atoms with Gasteiger partial charge in [-0.15, -0.1) is 0 Å². The average Bonchev–Trinajstić information content (AvgIpc) is 3.24. The maximum atomic E-state index is 12.6. The molecule has 1 aliphatic carbocycles. The summed E-state index contributed by atoms with van der Waals surface area (Å²) in [4.78, 5) is 25.6. The van der Waals surface area contributed by atoms with Gasteiger partial charge in [0, 0.05) is 18.1 Å². The van der Waals surface area contributed by atoms with Gasteiger partial charge in [0.15, 0.2) is 6.10 Å². The molecular formula is C17H20ClNO4. The van der Waals surface area contributed by atoms with Crippen LogP contribution in [0.2, 0.25) is 5.02 Å². The second-order valence-electron chi connectivity index (χ2n) is 6.41. The highest BCUT2D eigenvalue weighted by molar-refractivity contribution is 6.30. The summed E-state index contributed by atoms with van der Waals surface area (Å²) >= 11 is 5.91. The Kier molecular flexibility index (Phi) is 4.48. The number of nitrogens with zero attached hydrogens (tertiary/aromatic N) is 1. The van der Waals surface area contributed by atoms with E-state index in [-0.39, 0.29) is 18.4 Å². The first-order valence-electron chi connectivity index (χ1n) is 7.89. The summed E-state index contributed by atoms with van der Waals surface area (Å²) in [5, 5.41) is 9.92. The van der Waals surface area contributed by atoms with E-state index in [0.29, 0.717) is 23.2 Å². The number of likely N-dealkylation sites (tertiary alicyclic amines) is 1. The van der Waals surface area contributed by atoms with Crippen molar-refractivity contribution in [3.63, 3.8) is 0 Å². The summed E-state index contributed by atoms with van der Waals surface area (Å²) in [6.07, 6.45) is 1.48. The van der Waals surface area contributed by atoms with Crippen LogP contribution in [0.1, 0.15) is 19.8 Å². The molecule has 1 N–H and O–H groups in total. The molecule has 0 bridgehead atoms. The van der Waals surface area contributed by atoms with Gasteiger partial charge in [-0.25, -0.2) is 0 Å². The number of rotatable bonds is 5. The summed E-state index contributed by atoms with van der Waals surface area (Å²) < 4.78 is 5.65. The first-order chi connectivity index (χ1) is 11.0. The fourth-order valence-electron chi connectivity index (χ4n) is 3.32. The van der Waals surface area contributed by atoms with Crippen LogP contribution < -0.4 is 4.74 Å². The lowest BCUT2D eigenvalue weighted by Crippen LogP contribution is -2.39. The number of carboxylic acids is 1. The van der Waals surface area contributed by atoms with E-state index >= 15 is 0 Å². The van der Waals surface area contributed by atoms with E-state index in [1.807, 2.05) is 0 Å². The largest absolute Gasteiger partial charge is 0.481 e. The molecular weight excluding hydrogens is 318 g/mol. The molecule has 23 heavy (non-hydrogen) atoms. The summed E-state index contributed by atoms with van der Waals surface area (Å²) in [6.45, 7) is 2.48. The Hall–Kier alpha value is -1.75. The molecule has 1 aromatic rings. The highest BCUT2D eigenvalue weighted by Gasteiger charge is 2.47. The molecule has 0 aromatic heterocycles. The van der Waals surface area contributed by atoms with Crippen LogP contribution in [0.25, 0.3) is 0 Å². The van der Waals surface area contributed by atoms with Gasteiger partial charge in [0.2, 0.25) is 0 Å². The number of carboxylic acid groups (broad SMARTS) is 1. The highest BCUT2D eigenvalue weighted by Crippen LogP contribution is 2.44. The van der Waals surface area contributed by atoms with Crippen molar-refractivity contribution in [1.29, 1.82) is 0 Å². The third-order valence-electron chi connectivity index (χ3n) is 4.68. The average molecular weight is 338 g/mol. The third-order valence-corrected chi connectivity index (χ3v) is 4.91. The smallest absolute Gasteiger partial charge is 0.308 e. The van der Waals surface area contributed by atoms with Crippen LogP contribution in [-0.2, 0) is 9.59 Å². The minimum Gasteiger partial charge on any atom is -0.481 e. The molecule has 2 aliphatic rings. The van der Waals surface area contributed by atoms with Crippen LogP contribution >= 0.6 is 11.6 Å². The topological polar surface area (TPSA) is 66.8 Å². The molecule has 1 aliphatic heterocycles. The van der Waals surface area contributed by atoms with Crippen LogP contribution in [0, 0.1) is 17.8 Å². The van der Waals surface area contributed by atoms with Gasteiger partial charge in [-0.3, -0.25) is 9.59 Å². The SMILES string of the molecule is CC(Oc1cccc(Cl)c1)C(=O)N1C[C@H](C(=O)O)[C@@H](C2CC2)C1. The van der Waals surface area contributed by atoms with E-state index in [1.54, 1.807) is 36.1 Å². The van der Waals surface area contributed by atoms with Crippen molar-refractivity contribution in [2.75, 3.05) is 13.1 Å². The lowest BCUT2D eigenvalue weighted by atomic mass is 9.92. The molecule has 124 valence electrons. The first-order valence-corrected chi connectivity index (χ1v) is 8.27. The Morgan fingerprint density at radius 1 is 1.35 bits per heavy atom. The van der Waals surface area contributed by atoms with Gasteiger partial charge >= 0.3 is 5.97 Å². The van der Waals surface area contributed by atoms with Crippen LogP contribution in [0.4, 0.5) is 0 Å². The van der Waals surface area contributed by atoms with Crippen molar-refractivity contribution in [3.05, 3.63) is 29.3 Å². The van der Waals surface area contributed by atoms with Gasteiger partial charge in [-0.2, -0.15) is 0 Å². The second-order valence-corrected chi connectivity index (χ2v) is 6.84. The number of aliphatic carboxylic acids is 1. The minimum atomic E-state index is -0.805. The van der Waals surface area contributed by atoms with Gasteiger partial charge < -0.3 is 14.7 Å². The summed E-state index contributed by atoms with van der Waals surface area (Å²) in [6, 6.07) is 6.89. The van der Waals surface area contributed by atoms with Crippen LogP contribution in [0.3, 0.4) is 0 Å². The number of halogens is 1. The molecule has 3 rings (SSSR count). The molecule has 6 heteroatoms. The van der Waals surface area contributed by atoms with Crippen LogP contribution in [0.15, 0.2) is 24.3 Å². The number of carbonyl (C=O) groups is 2. The second kappa shape index (κ2) is 6.40. The maximum absolute atomic E-state index is 12.6. The normalized spacial score (nSPS) is 25.2. The number of amides is 1. The molecule has 5 nitrogen and oxygen atoms in total. The van der Waals surface area contributed by atoms with Crippen LogP contribution in [-0.4, -0.2) is 41.1 Å². The Morgan fingerprint density at radius 3 is 2.70 bits per heavy atom. The van der Waals surface area contributed by atoms with Crippen molar-refractivity contribution in [1.82, 2.24) is 4.90 Å². The van der Waals surface area contributed by atoms with Crippen molar-refractivity contribution < 1.29 is 19.4 Å². The number of carbonyl (C=O) groups excluding carboxylic acids is 1. The zero-order chi connectivity index (χ0) is 16.6. The zero-order valence-electron chi connectivity index (χ0n) is 12.9. The predicted octanol–water partition coefficient (Wildman–Crippen LogP) is 2.68. The summed E-state index contributed by atoms with van der Waals surface area (Å²) in [5.41, 5.74) is 0. The maximum Gasteiger partial charge on any atom is 0.308 e. The van der Waals surface area contributed by atoms with Crippen molar-refractivity contribution >= 4 is 23.5 Å². The lowest BCUT2D eigenvalue weighted by Gasteiger charge is -2.22. The molecule has 1 heterocycles. The van der Waals surface area contributed by atoms with E-state index in [2.05, 4.69) is 0 Å². The van der Waals surface area contributed by atoms with E-state index in [9.17, 15) is 14.7 Å². The molecule has 1 saturated carbocycles. The Labute approximate surface area is 140 Å². The fourth-order valence-corrected chi connectivity index (χ4v) is 3.50. The van der Waals surface area contributed by atoms with Gasteiger partial charge in [0.1, 0.15) is 5.75 Å². The van der Waals surface area contributed by atoms with Gasteiger partial charge in [-0.1, -0.05) is 17.7 Å². The monoisotopic (exact) mass is 337 g/mol. The number of ether oxygens (including phenoxy) is 1. The van der Waals surface area contributed by atoms with E-state index in [4.69, 9.17) is 16.3 Å². The van der Waals surface area contributed by atoms with Crippen molar-refractivity contribution in [3.8, 4) is 5.75 Å². The summed E-state index contributed by atoms with van der Waals surface area (Å²) in [5.74, 6) is -0.358. The van der Waals surface area contributed by atoms with E-state index in [1.165, 1.54) is 0 Å². The quantitative estimate of drug-likeness (QED) is 0.897. The molecule has 3 atom stereocenters. The highest BCUT2D eigenvalue weighted by atomic mass is 35.5. The lowest BCUT2D eigenvalue weighted by molar-refractivity contribution is -0.143. The molecule has 2 fully saturated rings. The standard InChI is InChI=1S/C17H20ClNO4/c1-10(23-13-4-2-3-12(18)7-13)16(20)19-8-14(11-5-6-11)15(9-19)17(21)22/h2-4,7,10-11,14-15H,5-6,8-9H2,1H3,(H,21,22)/t10?,14-,15+/m1/s1. The first kappa shape index (κ1) is 16.1. The third kappa shape index (κ3) is 3.61. The fraction of sp³-hybridized carbons (Fsp3) is 0.529. The number of hydrogen-bond acceptors (Lipinski definition) is 3. The molecule has 1 aromatic carbocycles. The van der Waals surface area contributed by atoms with Gasteiger partial charge in [0.05, 0.1) is 5.92 Å². The Bertz CT molecular complexity index is 616. The van der Waals surface area contributed by atoms with E-state index < -0.39 is 18.0 Å². The van der Waals surface area contributed by atoms with Gasteiger partial charge in [-0.05, 0) is 49.8 Å². The van der Waals surface area contributed by atoms with Crippen molar-refractivity contribution in [2.24, 2.45) is 17.8 Å². The molecule has 0 spiro atoms. The van der Waals surface area contributed by atoms with Crippen LogP contribution in [0.5, 0.6) is 5.75 Å². The molecule has 1 unspecified atom stereocenters. The van der Waals surface area contributed by atoms with E-state index in [0.717, 1.165) is 12.8 Å². The van der Waals surface area contributed by atoms with Crippen molar-refractivity contribution in [2.45, 2.75) is 25.9 Å². The summed E-state index contributed by atoms with van der Waals surface area (Å²) in [7, 11) is 0. The van der Waals surface area contributed by atoms with Gasteiger partial charge in [0.25, 0.3) is 5.91 Å². The number of benzene rings is 1. The Balaban J connectivity index is 1.64. The molecule has 0 radical (unpaired) electrons. The molecule has 1 amide bonds. The Morgan fingerprint density at radius 2 is 2.09 bits per heavy atom.